The minimum atomic E-state index is 0.0126. The normalized spacial score (nSPS) is 16.4. The number of rotatable bonds is 3. The number of anilines is 3. The van der Waals surface area contributed by atoms with Gasteiger partial charge >= 0.3 is 0 Å². The highest BCUT2D eigenvalue weighted by Crippen LogP contribution is 2.64. The van der Waals surface area contributed by atoms with Gasteiger partial charge in [0.1, 0.15) is 0 Å². The summed E-state index contributed by atoms with van der Waals surface area (Å²) in [5.41, 5.74) is 15.5. The third-order valence-corrected chi connectivity index (χ3v) is 10.7. The lowest BCUT2D eigenvalue weighted by Crippen LogP contribution is -2.39. The number of benzene rings is 6. The van der Waals surface area contributed by atoms with E-state index in [0.29, 0.717) is 0 Å². The number of hydrogen-bond acceptors (Lipinski definition) is 1. The Balaban J connectivity index is 1.22. The molecule has 1 nitrogen and oxygen atoms in total. The molecular weight excluding hydrogens is 518 g/mol. The summed E-state index contributed by atoms with van der Waals surface area (Å²) >= 11 is 0. The van der Waals surface area contributed by atoms with Crippen LogP contribution in [0.4, 0.5) is 17.1 Å². The lowest BCUT2D eigenvalue weighted by Gasteiger charge is -2.45. The zero-order chi connectivity index (χ0) is 28.4. The molecule has 0 aliphatic heterocycles. The fourth-order valence-corrected chi connectivity index (χ4v) is 8.85. The van der Waals surface area contributed by atoms with E-state index < -0.39 is 0 Å². The maximum absolute atomic E-state index is 2.45. The van der Waals surface area contributed by atoms with Crippen LogP contribution in [0.25, 0.3) is 22.3 Å². The summed E-state index contributed by atoms with van der Waals surface area (Å²) in [5.74, 6) is 0. The summed E-state index contributed by atoms with van der Waals surface area (Å²) in [7, 11) is 0. The maximum Gasteiger partial charge on any atom is 0.0543 e. The SMILES string of the molecule is c1ccc(N(c2ccccc2)c2cccc3c2-c2ccccc2C32CCC3(CC2)c2ccccc2-c2ccccc23)cc1. The maximum atomic E-state index is 2.45. The van der Waals surface area contributed by atoms with Gasteiger partial charge in [-0.25, -0.2) is 0 Å². The van der Waals surface area contributed by atoms with Gasteiger partial charge in [-0.3, -0.25) is 0 Å². The molecule has 2 spiro atoms. The van der Waals surface area contributed by atoms with Crippen LogP contribution < -0.4 is 4.90 Å². The van der Waals surface area contributed by atoms with Gasteiger partial charge in [-0.05, 0) is 95.0 Å². The molecule has 1 saturated carbocycles. The second kappa shape index (κ2) is 9.31. The second-order valence-electron chi connectivity index (χ2n) is 12.5. The van der Waals surface area contributed by atoms with Gasteiger partial charge in [0.2, 0.25) is 0 Å². The molecule has 6 aromatic rings. The van der Waals surface area contributed by atoms with Crippen LogP contribution >= 0.6 is 0 Å². The van der Waals surface area contributed by atoms with E-state index in [4.69, 9.17) is 0 Å². The van der Waals surface area contributed by atoms with Crippen molar-refractivity contribution < 1.29 is 0 Å². The van der Waals surface area contributed by atoms with Crippen molar-refractivity contribution in [2.24, 2.45) is 0 Å². The number of fused-ring (bicyclic) bond motifs is 10. The Morgan fingerprint density at radius 2 is 0.744 bits per heavy atom. The Morgan fingerprint density at radius 1 is 0.349 bits per heavy atom. The molecule has 0 aromatic heterocycles. The molecule has 1 fully saturated rings. The highest BCUT2D eigenvalue weighted by atomic mass is 15.1. The molecular formula is C42H33N. The average molecular weight is 552 g/mol. The lowest BCUT2D eigenvalue weighted by molar-refractivity contribution is 0.265. The molecule has 9 rings (SSSR count). The van der Waals surface area contributed by atoms with E-state index in [1.54, 1.807) is 0 Å². The average Bonchev–Trinajstić information content (AvgIpc) is 3.52. The first-order valence-electron chi connectivity index (χ1n) is 15.6. The van der Waals surface area contributed by atoms with Crippen LogP contribution in [0.15, 0.2) is 152 Å². The van der Waals surface area contributed by atoms with Gasteiger partial charge in [-0.2, -0.15) is 0 Å². The van der Waals surface area contributed by atoms with E-state index in [1.165, 1.54) is 61.6 Å². The number of nitrogens with zero attached hydrogens (tertiary/aromatic N) is 1. The van der Waals surface area contributed by atoms with Crippen LogP contribution in [0, 0.1) is 0 Å². The molecule has 0 heterocycles. The summed E-state index contributed by atoms with van der Waals surface area (Å²) in [6.45, 7) is 0. The van der Waals surface area contributed by atoms with Gasteiger partial charge in [-0.15, -0.1) is 0 Å². The van der Waals surface area contributed by atoms with Gasteiger partial charge < -0.3 is 4.90 Å². The van der Waals surface area contributed by atoms with E-state index in [0.717, 1.165) is 25.7 Å². The number of hydrogen-bond donors (Lipinski definition) is 0. The molecule has 3 aliphatic rings. The molecule has 0 unspecified atom stereocenters. The van der Waals surface area contributed by atoms with E-state index in [1.807, 2.05) is 0 Å². The fourth-order valence-electron chi connectivity index (χ4n) is 8.85. The Kier molecular flexibility index (Phi) is 5.35. The first kappa shape index (κ1) is 24.7. The summed E-state index contributed by atoms with van der Waals surface area (Å²) in [5, 5.41) is 0. The van der Waals surface area contributed by atoms with Crippen molar-refractivity contribution in [2.75, 3.05) is 4.90 Å². The van der Waals surface area contributed by atoms with Crippen molar-refractivity contribution in [3.05, 3.63) is 174 Å². The first-order valence-corrected chi connectivity index (χ1v) is 15.6. The zero-order valence-electron chi connectivity index (χ0n) is 24.2. The molecule has 0 atom stereocenters. The minimum Gasteiger partial charge on any atom is -0.310 e. The molecule has 0 N–H and O–H groups in total. The standard InChI is InChI=1S/C42H33N/c1-3-14-30(15-4-1)43(31-16-5-2-6-17-31)39-25-13-24-38-40(39)34-20-9-12-23-37(34)42(38)28-26-41(27-29-42)35-21-10-7-18-32(35)33-19-8-11-22-36(33)41/h1-25H,26-29H2. The summed E-state index contributed by atoms with van der Waals surface area (Å²) in [4.78, 5) is 2.45. The van der Waals surface area contributed by atoms with Crippen LogP contribution in [0.2, 0.25) is 0 Å². The summed E-state index contributed by atoms with van der Waals surface area (Å²) in [6, 6.07) is 56.3. The molecule has 206 valence electrons. The fraction of sp³-hybridized carbons (Fsp3) is 0.143. The largest absolute Gasteiger partial charge is 0.310 e. The zero-order valence-corrected chi connectivity index (χ0v) is 24.2. The van der Waals surface area contributed by atoms with Crippen LogP contribution in [0.3, 0.4) is 0 Å². The quantitative estimate of drug-likeness (QED) is 0.211. The van der Waals surface area contributed by atoms with Crippen molar-refractivity contribution in [3.8, 4) is 22.3 Å². The molecule has 0 bridgehead atoms. The van der Waals surface area contributed by atoms with Crippen molar-refractivity contribution in [3.63, 3.8) is 0 Å². The van der Waals surface area contributed by atoms with Gasteiger partial charge in [0, 0.05) is 27.8 Å². The van der Waals surface area contributed by atoms with Gasteiger partial charge in [0.15, 0.2) is 0 Å². The van der Waals surface area contributed by atoms with Crippen LogP contribution in [-0.4, -0.2) is 0 Å². The van der Waals surface area contributed by atoms with Crippen molar-refractivity contribution in [1.29, 1.82) is 0 Å². The molecule has 0 saturated heterocycles. The molecule has 1 heteroatoms. The molecule has 6 aromatic carbocycles. The molecule has 0 radical (unpaired) electrons. The molecule has 3 aliphatic carbocycles. The van der Waals surface area contributed by atoms with Gasteiger partial charge in [0.25, 0.3) is 0 Å². The predicted molar refractivity (Wildman–Crippen MR) is 178 cm³/mol. The lowest BCUT2D eigenvalue weighted by atomic mass is 9.57. The Bertz CT molecular complexity index is 1890. The number of para-hydroxylation sites is 2. The summed E-state index contributed by atoms with van der Waals surface area (Å²) < 4.78 is 0. The van der Waals surface area contributed by atoms with Crippen LogP contribution in [-0.2, 0) is 10.8 Å². The van der Waals surface area contributed by atoms with E-state index in [2.05, 4.69) is 157 Å². The van der Waals surface area contributed by atoms with Gasteiger partial charge in [-0.1, -0.05) is 121 Å². The first-order chi connectivity index (χ1) is 21.3. The van der Waals surface area contributed by atoms with Gasteiger partial charge in [0.05, 0.1) is 5.69 Å². The summed E-state index contributed by atoms with van der Waals surface area (Å²) in [6.07, 6.45) is 4.58. The third kappa shape index (κ3) is 3.40. The van der Waals surface area contributed by atoms with E-state index in [9.17, 15) is 0 Å². The monoisotopic (exact) mass is 551 g/mol. The highest BCUT2D eigenvalue weighted by molar-refractivity contribution is 5.95. The predicted octanol–water partition coefficient (Wildman–Crippen LogP) is 11.0. The second-order valence-corrected chi connectivity index (χ2v) is 12.5. The van der Waals surface area contributed by atoms with Crippen molar-refractivity contribution in [2.45, 2.75) is 36.5 Å². The van der Waals surface area contributed by atoms with Crippen LogP contribution in [0.5, 0.6) is 0 Å². The third-order valence-electron chi connectivity index (χ3n) is 10.7. The Hall–Kier alpha value is -4.88. The minimum absolute atomic E-state index is 0.0126. The van der Waals surface area contributed by atoms with E-state index in [-0.39, 0.29) is 10.8 Å². The van der Waals surface area contributed by atoms with Crippen molar-refractivity contribution in [1.82, 2.24) is 0 Å². The van der Waals surface area contributed by atoms with Crippen molar-refractivity contribution >= 4 is 17.1 Å². The Morgan fingerprint density at radius 3 is 1.28 bits per heavy atom. The molecule has 0 amide bonds. The van der Waals surface area contributed by atoms with Crippen LogP contribution in [0.1, 0.15) is 47.9 Å². The smallest absolute Gasteiger partial charge is 0.0543 e. The Labute approximate surface area is 254 Å². The molecule has 43 heavy (non-hydrogen) atoms. The highest BCUT2D eigenvalue weighted by Gasteiger charge is 2.53. The van der Waals surface area contributed by atoms with E-state index >= 15 is 0 Å². The topological polar surface area (TPSA) is 3.24 Å².